The summed E-state index contributed by atoms with van der Waals surface area (Å²) in [6, 6.07) is 7.60. The number of benzene rings is 1. The lowest BCUT2D eigenvalue weighted by Gasteiger charge is -2.29. The highest BCUT2D eigenvalue weighted by Gasteiger charge is 2.24. The van der Waals surface area contributed by atoms with Gasteiger partial charge in [0.05, 0.1) is 5.75 Å². The minimum Gasteiger partial charge on any atom is -0.461 e. The molecule has 2 atom stereocenters. The maximum Gasteiger partial charge on any atom is 0.302 e. The summed E-state index contributed by atoms with van der Waals surface area (Å²) < 4.78 is 26.6. The molecule has 110 valence electrons. The van der Waals surface area contributed by atoms with Crippen molar-refractivity contribution in [3.8, 4) is 0 Å². The van der Waals surface area contributed by atoms with Gasteiger partial charge in [-0.2, -0.15) is 0 Å². The number of ether oxygens (including phenoxy) is 1. The lowest BCUT2D eigenvalue weighted by molar-refractivity contribution is -0.147. The van der Waals surface area contributed by atoms with Crippen LogP contribution in [0.4, 0.5) is 0 Å². The molecule has 1 saturated heterocycles. The molecule has 0 spiro atoms. The first-order chi connectivity index (χ1) is 9.54. The molecule has 0 radical (unpaired) electrons. The SMILES string of the molecule is CC(=O)OC1CNCC(c2ccc(C[SH](=O)=O)cc2)C1. The summed E-state index contributed by atoms with van der Waals surface area (Å²) >= 11 is 0. The molecule has 0 saturated carbocycles. The molecule has 0 aliphatic carbocycles. The summed E-state index contributed by atoms with van der Waals surface area (Å²) in [7, 11) is -2.39. The number of hydrogen-bond donors (Lipinski definition) is 2. The van der Waals surface area contributed by atoms with E-state index in [9.17, 15) is 13.2 Å². The average Bonchev–Trinajstić information content (AvgIpc) is 2.38. The summed E-state index contributed by atoms with van der Waals surface area (Å²) in [6.07, 6.45) is 0.698. The van der Waals surface area contributed by atoms with E-state index in [1.54, 1.807) is 0 Å². The fraction of sp³-hybridized carbons (Fsp3) is 0.500. The van der Waals surface area contributed by atoms with Gasteiger partial charge in [0.1, 0.15) is 16.8 Å². The van der Waals surface area contributed by atoms with Crippen LogP contribution < -0.4 is 5.32 Å². The van der Waals surface area contributed by atoms with E-state index in [0.29, 0.717) is 6.54 Å². The Morgan fingerprint density at radius 2 is 2.00 bits per heavy atom. The van der Waals surface area contributed by atoms with Crippen LogP contribution in [0.1, 0.15) is 30.4 Å². The molecule has 1 aromatic carbocycles. The summed E-state index contributed by atoms with van der Waals surface area (Å²) in [4.78, 5) is 11.0. The van der Waals surface area contributed by atoms with E-state index in [4.69, 9.17) is 4.74 Å². The second-order valence-corrected chi connectivity index (χ2v) is 6.04. The molecule has 1 N–H and O–H groups in total. The van der Waals surface area contributed by atoms with Gasteiger partial charge in [0.15, 0.2) is 0 Å². The summed E-state index contributed by atoms with van der Waals surface area (Å²) in [5, 5.41) is 3.26. The number of thiol groups is 1. The number of nitrogens with one attached hydrogen (secondary N) is 1. The van der Waals surface area contributed by atoms with Gasteiger partial charge >= 0.3 is 5.97 Å². The Morgan fingerprint density at radius 1 is 1.30 bits per heavy atom. The molecular formula is C14H19NO4S. The summed E-state index contributed by atoms with van der Waals surface area (Å²) in [5.41, 5.74) is 1.93. The van der Waals surface area contributed by atoms with Crippen molar-refractivity contribution in [2.24, 2.45) is 0 Å². The molecular weight excluding hydrogens is 278 g/mol. The van der Waals surface area contributed by atoms with E-state index in [2.05, 4.69) is 5.32 Å². The van der Waals surface area contributed by atoms with Crippen LogP contribution in [0.5, 0.6) is 0 Å². The van der Waals surface area contributed by atoms with Crippen molar-refractivity contribution in [3.05, 3.63) is 35.4 Å². The van der Waals surface area contributed by atoms with Crippen LogP contribution in [-0.4, -0.2) is 33.6 Å². The smallest absolute Gasteiger partial charge is 0.302 e. The van der Waals surface area contributed by atoms with Crippen LogP contribution in [0.25, 0.3) is 0 Å². The fourth-order valence-corrected chi connectivity index (χ4v) is 3.03. The number of carbonyl (C=O) groups excluding carboxylic acids is 1. The van der Waals surface area contributed by atoms with Gasteiger partial charge in [0.25, 0.3) is 0 Å². The molecule has 1 fully saturated rings. The van der Waals surface area contributed by atoms with Crippen molar-refractivity contribution in [1.82, 2.24) is 5.32 Å². The molecule has 2 rings (SSSR count). The Bertz CT molecular complexity index is 531. The van der Waals surface area contributed by atoms with Gasteiger partial charge in [-0.3, -0.25) is 4.79 Å². The third-order valence-corrected chi connectivity index (χ3v) is 4.03. The molecule has 1 aliphatic rings. The lowest BCUT2D eigenvalue weighted by Crippen LogP contribution is -2.40. The number of carbonyl (C=O) groups is 1. The van der Waals surface area contributed by atoms with Crippen LogP contribution in [0, 0.1) is 0 Å². The Kier molecular flexibility index (Phi) is 5.14. The van der Waals surface area contributed by atoms with Crippen LogP contribution in [0.15, 0.2) is 24.3 Å². The standard InChI is InChI=1S/C14H19NO4S/c1-10(16)19-14-6-13(7-15-8-14)12-4-2-11(3-5-12)9-20(17)18/h2-5,13-15,20H,6-9H2,1H3. The molecule has 5 nitrogen and oxygen atoms in total. The predicted molar refractivity (Wildman–Crippen MR) is 76.2 cm³/mol. The number of piperidine rings is 1. The van der Waals surface area contributed by atoms with Gasteiger partial charge in [-0.1, -0.05) is 24.3 Å². The maximum atomic E-state index is 11.0. The summed E-state index contributed by atoms with van der Waals surface area (Å²) in [5.74, 6) is 0.101. The first-order valence-electron chi connectivity index (χ1n) is 6.63. The zero-order chi connectivity index (χ0) is 14.5. The highest BCUT2D eigenvalue weighted by atomic mass is 32.2. The van der Waals surface area contributed by atoms with Crippen molar-refractivity contribution < 1.29 is 17.9 Å². The molecule has 0 amide bonds. The van der Waals surface area contributed by atoms with E-state index in [1.807, 2.05) is 24.3 Å². The summed E-state index contributed by atoms with van der Waals surface area (Å²) in [6.45, 7) is 2.94. The average molecular weight is 297 g/mol. The zero-order valence-corrected chi connectivity index (χ0v) is 12.3. The second kappa shape index (κ2) is 6.85. The van der Waals surface area contributed by atoms with Crippen LogP contribution >= 0.6 is 0 Å². The molecule has 1 aromatic rings. The van der Waals surface area contributed by atoms with Crippen LogP contribution in [0.3, 0.4) is 0 Å². The van der Waals surface area contributed by atoms with Crippen molar-refractivity contribution in [3.63, 3.8) is 0 Å². The number of rotatable bonds is 4. The van der Waals surface area contributed by atoms with Gasteiger partial charge in [-0.25, -0.2) is 8.42 Å². The van der Waals surface area contributed by atoms with Crippen molar-refractivity contribution in [2.75, 3.05) is 13.1 Å². The van der Waals surface area contributed by atoms with Gasteiger partial charge in [-0.15, -0.1) is 0 Å². The monoisotopic (exact) mass is 297 g/mol. The van der Waals surface area contributed by atoms with Gasteiger partial charge in [0.2, 0.25) is 0 Å². The highest BCUT2D eigenvalue weighted by molar-refractivity contribution is 7.71. The Hall–Kier alpha value is -1.40. The lowest BCUT2D eigenvalue weighted by atomic mass is 9.90. The Balaban J connectivity index is 2.01. The van der Waals surface area contributed by atoms with Crippen molar-refractivity contribution in [2.45, 2.75) is 31.1 Å². The fourth-order valence-electron chi connectivity index (χ4n) is 2.53. The largest absolute Gasteiger partial charge is 0.461 e. The third-order valence-electron chi connectivity index (χ3n) is 3.41. The minimum absolute atomic E-state index is 0.0780. The van der Waals surface area contributed by atoms with Crippen LogP contribution in [0.2, 0.25) is 0 Å². The van der Waals surface area contributed by atoms with E-state index >= 15 is 0 Å². The van der Waals surface area contributed by atoms with Crippen LogP contribution in [-0.2, 0) is 26.0 Å². The normalized spacial score (nSPS) is 22.7. The Labute approximate surface area is 120 Å². The maximum absolute atomic E-state index is 11.0. The first-order valence-corrected chi connectivity index (χ1v) is 7.99. The van der Waals surface area contributed by atoms with E-state index < -0.39 is 10.7 Å². The quantitative estimate of drug-likeness (QED) is 0.635. The molecule has 1 heterocycles. The molecule has 0 bridgehead atoms. The minimum atomic E-state index is -2.39. The van der Waals surface area contributed by atoms with Crippen molar-refractivity contribution in [1.29, 1.82) is 0 Å². The second-order valence-electron chi connectivity index (χ2n) is 5.05. The zero-order valence-electron chi connectivity index (χ0n) is 11.4. The molecule has 1 aliphatic heterocycles. The van der Waals surface area contributed by atoms with Gasteiger partial charge in [0, 0.05) is 20.0 Å². The first kappa shape index (κ1) is 15.0. The number of hydrogen-bond acceptors (Lipinski definition) is 5. The predicted octanol–water partition coefficient (Wildman–Crippen LogP) is 0.807. The van der Waals surface area contributed by atoms with E-state index in [1.165, 1.54) is 6.92 Å². The number of esters is 1. The van der Waals surface area contributed by atoms with E-state index in [-0.39, 0.29) is 23.7 Å². The van der Waals surface area contributed by atoms with Crippen molar-refractivity contribution >= 4 is 16.7 Å². The van der Waals surface area contributed by atoms with E-state index in [0.717, 1.165) is 24.1 Å². The third kappa shape index (κ3) is 4.31. The van der Waals surface area contributed by atoms with Gasteiger partial charge in [-0.05, 0) is 23.5 Å². The molecule has 0 aromatic heterocycles. The molecule has 6 heteroatoms. The van der Waals surface area contributed by atoms with Gasteiger partial charge < -0.3 is 10.1 Å². The molecule has 20 heavy (non-hydrogen) atoms. The highest BCUT2D eigenvalue weighted by Crippen LogP contribution is 2.25. The Morgan fingerprint density at radius 3 is 2.60 bits per heavy atom. The topological polar surface area (TPSA) is 72.5 Å². The molecule has 2 unspecified atom stereocenters.